The summed E-state index contributed by atoms with van der Waals surface area (Å²) >= 11 is 1.92. The molecule has 0 unspecified atom stereocenters. The lowest BCUT2D eigenvalue weighted by atomic mass is 10.1. The van der Waals surface area contributed by atoms with Crippen molar-refractivity contribution in [2.75, 3.05) is 30.1 Å². The van der Waals surface area contributed by atoms with Gasteiger partial charge in [-0.2, -0.15) is 26.7 Å². The molecule has 0 bridgehead atoms. The summed E-state index contributed by atoms with van der Waals surface area (Å²) < 4.78 is 5.74. The monoisotopic (exact) mass is 312 g/mol. The van der Waals surface area contributed by atoms with E-state index in [-0.39, 0.29) is 4.75 Å². The van der Waals surface area contributed by atoms with Gasteiger partial charge in [0.15, 0.2) is 0 Å². The van der Waals surface area contributed by atoms with Crippen molar-refractivity contribution in [2.24, 2.45) is 5.84 Å². The zero-order valence-corrected chi connectivity index (χ0v) is 13.5. The van der Waals surface area contributed by atoms with Crippen molar-refractivity contribution in [3.8, 4) is 6.01 Å². The number of aromatic nitrogens is 3. The van der Waals surface area contributed by atoms with Gasteiger partial charge in [-0.3, -0.25) is 5.43 Å². The van der Waals surface area contributed by atoms with Crippen molar-refractivity contribution in [3.63, 3.8) is 0 Å². The maximum atomic E-state index is 5.46. The van der Waals surface area contributed by atoms with Crippen molar-refractivity contribution in [3.05, 3.63) is 0 Å². The Morgan fingerprint density at radius 3 is 2.57 bits per heavy atom. The number of hydrogen-bond acceptors (Lipinski definition) is 8. The van der Waals surface area contributed by atoms with Crippen LogP contribution in [-0.2, 0) is 0 Å². The number of nitrogen functional groups attached to an aromatic ring is 1. The van der Waals surface area contributed by atoms with Crippen LogP contribution in [0.1, 0.15) is 39.0 Å². The highest BCUT2D eigenvalue weighted by atomic mass is 32.2. The largest absolute Gasteiger partial charge is 0.463 e. The summed E-state index contributed by atoms with van der Waals surface area (Å²) in [6.45, 7) is 3.45. The van der Waals surface area contributed by atoms with Gasteiger partial charge in [0.25, 0.3) is 0 Å². The van der Waals surface area contributed by atoms with E-state index in [1.54, 1.807) is 0 Å². The van der Waals surface area contributed by atoms with Crippen molar-refractivity contribution >= 4 is 23.7 Å². The van der Waals surface area contributed by atoms with Gasteiger partial charge in [-0.1, -0.05) is 19.8 Å². The van der Waals surface area contributed by atoms with Gasteiger partial charge in [0, 0.05) is 11.3 Å². The molecule has 8 heteroatoms. The van der Waals surface area contributed by atoms with Crippen LogP contribution < -0.4 is 21.3 Å². The molecule has 4 N–H and O–H groups in total. The number of hydrogen-bond donors (Lipinski definition) is 3. The van der Waals surface area contributed by atoms with Gasteiger partial charge in [-0.25, -0.2) is 5.84 Å². The summed E-state index contributed by atoms with van der Waals surface area (Å²) in [7, 11) is 0. The van der Waals surface area contributed by atoms with Gasteiger partial charge in [-0.15, -0.1) is 0 Å². The Labute approximate surface area is 129 Å². The predicted octanol–water partition coefficient (Wildman–Crippen LogP) is 2.03. The highest BCUT2D eigenvalue weighted by molar-refractivity contribution is 8.00. The number of thioether (sulfide) groups is 1. The van der Waals surface area contributed by atoms with Crippen LogP contribution in [0.5, 0.6) is 6.01 Å². The first-order valence-electron chi connectivity index (χ1n) is 7.36. The average molecular weight is 312 g/mol. The van der Waals surface area contributed by atoms with Crippen LogP contribution in [0.2, 0.25) is 0 Å². The highest BCUT2D eigenvalue weighted by Gasteiger charge is 2.32. The average Bonchev–Trinajstić information content (AvgIpc) is 3.00. The lowest BCUT2D eigenvalue weighted by molar-refractivity contribution is 0.292. The molecule has 1 aliphatic rings. The van der Waals surface area contributed by atoms with Crippen molar-refractivity contribution < 1.29 is 4.74 Å². The minimum atomic E-state index is 0.285. The zero-order valence-electron chi connectivity index (χ0n) is 12.7. The van der Waals surface area contributed by atoms with Crippen molar-refractivity contribution in [1.29, 1.82) is 0 Å². The zero-order chi connectivity index (χ0) is 15.1. The van der Waals surface area contributed by atoms with Gasteiger partial charge in [0.05, 0.1) is 6.61 Å². The van der Waals surface area contributed by atoms with E-state index in [1.807, 2.05) is 18.7 Å². The second kappa shape index (κ2) is 7.65. The molecule has 7 nitrogen and oxygen atoms in total. The van der Waals surface area contributed by atoms with E-state index >= 15 is 0 Å². The van der Waals surface area contributed by atoms with E-state index in [4.69, 9.17) is 10.6 Å². The van der Waals surface area contributed by atoms with Crippen LogP contribution in [0.25, 0.3) is 0 Å². The Hall–Kier alpha value is -1.28. The fraction of sp³-hybridized carbons (Fsp3) is 0.769. The fourth-order valence-electron chi connectivity index (χ4n) is 2.47. The minimum Gasteiger partial charge on any atom is -0.463 e. The van der Waals surface area contributed by atoms with E-state index in [0.29, 0.717) is 24.5 Å². The molecule has 0 aliphatic heterocycles. The Kier molecular flexibility index (Phi) is 5.86. The quantitative estimate of drug-likeness (QED) is 0.495. The second-order valence-corrected chi connectivity index (χ2v) is 6.48. The molecule has 0 aromatic carbocycles. The Bertz CT molecular complexity index is 452. The number of anilines is 2. The molecular weight excluding hydrogens is 288 g/mol. The third-order valence-corrected chi connectivity index (χ3v) is 5.11. The second-order valence-electron chi connectivity index (χ2n) is 5.21. The van der Waals surface area contributed by atoms with Gasteiger partial charge < -0.3 is 10.1 Å². The molecule has 1 heterocycles. The van der Waals surface area contributed by atoms with Crippen LogP contribution in [0.4, 0.5) is 11.9 Å². The number of nitrogens with two attached hydrogens (primary N) is 1. The van der Waals surface area contributed by atoms with Crippen LogP contribution in [-0.4, -0.2) is 39.1 Å². The molecule has 2 rings (SSSR count). The van der Waals surface area contributed by atoms with Gasteiger partial charge in [-0.05, 0) is 25.5 Å². The SMILES string of the molecule is CCCOc1nc(NN)nc(NCC2(SC)CCCC2)n1. The molecule has 1 aromatic rings. The van der Waals surface area contributed by atoms with E-state index < -0.39 is 0 Å². The van der Waals surface area contributed by atoms with Gasteiger partial charge in [0.2, 0.25) is 11.9 Å². The lowest BCUT2D eigenvalue weighted by Gasteiger charge is -2.26. The summed E-state index contributed by atoms with van der Waals surface area (Å²) in [5.74, 6) is 6.21. The number of rotatable bonds is 8. The topological polar surface area (TPSA) is 98.0 Å². The van der Waals surface area contributed by atoms with E-state index in [9.17, 15) is 0 Å². The highest BCUT2D eigenvalue weighted by Crippen LogP contribution is 2.40. The number of hydrazine groups is 1. The summed E-state index contributed by atoms with van der Waals surface area (Å²) in [4.78, 5) is 12.6. The normalized spacial score (nSPS) is 16.7. The van der Waals surface area contributed by atoms with Crippen LogP contribution in [0.3, 0.4) is 0 Å². The number of nitrogens with zero attached hydrogens (tertiary/aromatic N) is 3. The van der Waals surface area contributed by atoms with Crippen LogP contribution in [0.15, 0.2) is 0 Å². The molecule has 0 radical (unpaired) electrons. The Morgan fingerprint density at radius 2 is 1.95 bits per heavy atom. The summed E-state index contributed by atoms with van der Waals surface area (Å²) in [6.07, 6.45) is 8.11. The van der Waals surface area contributed by atoms with E-state index in [0.717, 1.165) is 13.0 Å². The van der Waals surface area contributed by atoms with E-state index in [2.05, 4.69) is 32.0 Å². The molecule has 1 aromatic heterocycles. The predicted molar refractivity (Wildman–Crippen MR) is 86.6 cm³/mol. The number of ether oxygens (including phenoxy) is 1. The molecule has 1 fully saturated rings. The van der Waals surface area contributed by atoms with Crippen LogP contribution >= 0.6 is 11.8 Å². The smallest absolute Gasteiger partial charge is 0.323 e. The molecule has 1 saturated carbocycles. The molecular formula is C13H24N6OS. The van der Waals surface area contributed by atoms with Gasteiger partial charge in [0.1, 0.15) is 0 Å². The third kappa shape index (κ3) is 4.34. The van der Waals surface area contributed by atoms with Gasteiger partial charge >= 0.3 is 6.01 Å². The first-order valence-corrected chi connectivity index (χ1v) is 8.58. The Morgan fingerprint density at radius 1 is 1.24 bits per heavy atom. The summed E-state index contributed by atoms with van der Waals surface area (Å²) in [5.41, 5.74) is 2.45. The molecule has 0 atom stereocenters. The van der Waals surface area contributed by atoms with Crippen molar-refractivity contribution in [2.45, 2.75) is 43.8 Å². The Balaban J connectivity index is 2.04. The molecule has 0 amide bonds. The summed E-state index contributed by atoms with van der Waals surface area (Å²) in [5, 5.41) is 3.31. The lowest BCUT2D eigenvalue weighted by Crippen LogP contribution is -2.30. The standard InChI is InChI=1S/C13H24N6OS/c1-3-8-20-12-17-10(16-11(18-12)19-14)15-9-13(21-2)6-4-5-7-13/h3-9,14H2,1-2H3,(H2,15,16,17,18,19). The fourth-order valence-corrected chi connectivity index (χ4v) is 3.38. The maximum absolute atomic E-state index is 5.46. The molecule has 0 spiro atoms. The maximum Gasteiger partial charge on any atom is 0.323 e. The third-order valence-electron chi connectivity index (χ3n) is 3.70. The van der Waals surface area contributed by atoms with E-state index in [1.165, 1.54) is 25.7 Å². The van der Waals surface area contributed by atoms with Crippen molar-refractivity contribution in [1.82, 2.24) is 15.0 Å². The summed E-state index contributed by atoms with van der Waals surface area (Å²) in [6, 6.07) is 0.298. The van der Waals surface area contributed by atoms with Crippen LogP contribution in [0, 0.1) is 0 Å². The number of nitrogens with one attached hydrogen (secondary N) is 2. The molecule has 118 valence electrons. The molecule has 21 heavy (non-hydrogen) atoms. The molecule has 1 aliphatic carbocycles. The first-order chi connectivity index (χ1) is 10.2. The minimum absolute atomic E-state index is 0.285. The first kappa shape index (κ1) is 16.1. The molecule has 0 saturated heterocycles.